The average molecular weight is 365 g/mol. The van der Waals surface area contributed by atoms with Crippen molar-refractivity contribution >= 4 is 28.7 Å². The Labute approximate surface area is 160 Å². The molecule has 4 heteroatoms. The molecule has 27 heavy (non-hydrogen) atoms. The van der Waals surface area contributed by atoms with Crippen LogP contribution in [0.4, 0.5) is 0 Å². The van der Waals surface area contributed by atoms with Gasteiger partial charge in [-0.1, -0.05) is 55.8 Å². The summed E-state index contributed by atoms with van der Waals surface area (Å²) in [5.74, 6) is -0.420. The first-order valence-corrected chi connectivity index (χ1v) is 9.74. The molecular weight excluding hydrogens is 338 g/mol. The third kappa shape index (κ3) is 4.05. The number of carbonyl (C=O) groups excluding carboxylic acids is 2. The van der Waals surface area contributed by atoms with Crippen molar-refractivity contribution in [3.8, 4) is 0 Å². The highest BCUT2D eigenvalue weighted by Crippen LogP contribution is 2.28. The first-order chi connectivity index (χ1) is 13.2. The van der Waals surface area contributed by atoms with Gasteiger partial charge >= 0.3 is 5.97 Å². The van der Waals surface area contributed by atoms with Gasteiger partial charge in [0.1, 0.15) is 6.04 Å². The molecule has 0 N–H and O–H groups in total. The normalized spacial score (nSPS) is 17.4. The van der Waals surface area contributed by atoms with Crippen LogP contribution >= 0.6 is 0 Å². The zero-order chi connectivity index (χ0) is 19.2. The van der Waals surface area contributed by atoms with E-state index in [9.17, 15) is 9.59 Å². The number of piperidine rings is 1. The van der Waals surface area contributed by atoms with Crippen LogP contribution in [-0.2, 0) is 9.53 Å². The molecule has 0 aliphatic carbocycles. The number of allylic oxidation sites excluding steroid dienone is 1. The number of nitrogens with zero attached hydrogens (tertiary/aromatic N) is 1. The van der Waals surface area contributed by atoms with Gasteiger partial charge in [0.15, 0.2) is 0 Å². The van der Waals surface area contributed by atoms with Crippen molar-refractivity contribution in [3.63, 3.8) is 0 Å². The zero-order valence-electron chi connectivity index (χ0n) is 16.1. The predicted octanol–water partition coefficient (Wildman–Crippen LogP) is 4.82. The monoisotopic (exact) mass is 365 g/mol. The standard InChI is InChI=1S/C23H27NO3/c1-3-4-5-10-17-14-15-20(19-12-7-6-11-18(17)19)22(25)24-16-9-8-13-21(24)23(26)27-2/h5-7,10-12,14-15,21H,3-4,8-9,13,16H2,1-2H3/b10-5+. The highest BCUT2D eigenvalue weighted by Gasteiger charge is 2.33. The molecule has 1 saturated heterocycles. The van der Waals surface area contributed by atoms with E-state index in [0.29, 0.717) is 18.5 Å². The van der Waals surface area contributed by atoms with Crippen LogP contribution in [-0.4, -0.2) is 36.5 Å². The Balaban J connectivity index is 2.00. The number of benzene rings is 2. The first kappa shape index (κ1) is 19.2. The number of fused-ring (bicyclic) bond motifs is 1. The van der Waals surface area contributed by atoms with E-state index in [-0.39, 0.29) is 11.9 Å². The SMILES string of the molecule is CCC/C=C/c1ccc(C(=O)N2CCCCC2C(=O)OC)c2ccccc12. The van der Waals surface area contributed by atoms with Gasteiger partial charge < -0.3 is 9.64 Å². The molecule has 142 valence electrons. The Morgan fingerprint density at radius 2 is 1.93 bits per heavy atom. The van der Waals surface area contributed by atoms with E-state index in [2.05, 4.69) is 19.1 Å². The molecule has 0 saturated carbocycles. The first-order valence-electron chi connectivity index (χ1n) is 9.74. The number of unbranched alkanes of at least 4 members (excludes halogenated alkanes) is 1. The smallest absolute Gasteiger partial charge is 0.328 e. The maximum absolute atomic E-state index is 13.3. The molecule has 1 unspecified atom stereocenters. The molecule has 0 aromatic heterocycles. The van der Waals surface area contributed by atoms with Crippen LogP contribution in [0.2, 0.25) is 0 Å². The van der Waals surface area contributed by atoms with Crippen LogP contribution in [0.3, 0.4) is 0 Å². The number of carbonyl (C=O) groups is 2. The molecule has 2 aromatic rings. The molecule has 3 rings (SSSR count). The second kappa shape index (κ2) is 8.85. The van der Waals surface area contributed by atoms with Gasteiger partial charge in [-0.2, -0.15) is 0 Å². The van der Waals surface area contributed by atoms with Gasteiger partial charge in [0.25, 0.3) is 5.91 Å². The summed E-state index contributed by atoms with van der Waals surface area (Å²) in [5.41, 5.74) is 1.76. The maximum atomic E-state index is 13.3. The fourth-order valence-corrected chi connectivity index (χ4v) is 3.74. The Bertz CT molecular complexity index is 856. The van der Waals surface area contributed by atoms with Crippen LogP contribution in [0.1, 0.15) is 54.9 Å². The Kier molecular flexibility index (Phi) is 6.28. The topological polar surface area (TPSA) is 46.6 Å². The van der Waals surface area contributed by atoms with Crippen molar-refractivity contribution in [2.45, 2.75) is 45.1 Å². The van der Waals surface area contributed by atoms with E-state index in [1.807, 2.05) is 36.4 Å². The summed E-state index contributed by atoms with van der Waals surface area (Å²) in [6.45, 7) is 2.74. The Morgan fingerprint density at radius 1 is 1.15 bits per heavy atom. The molecule has 1 aliphatic rings. The molecule has 1 aliphatic heterocycles. The number of rotatable bonds is 5. The van der Waals surface area contributed by atoms with E-state index in [1.165, 1.54) is 7.11 Å². The number of amides is 1. The molecule has 2 aromatic carbocycles. The van der Waals surface area contributed by atoms with E-state index in [4.69, 9.17) is 4.74 Å². The van der Waals surface area contributed by atoms with Crippen molar-refractivity contribution < 1.29 is 14.3 Å². The Hall–Kier alpha value is -2.62. The summed E-state index contributed by atoms with van der Waals surface area (Å²) in [5, 5.41) is 1.98. The summed E-state index contributed by atoms with van der Waals surface area (Å²) >= 11 is 0. The number of ether oxygens (including phenoxy) is 1. The number of likely N-dealkylation sites (tertiary alicyclic amines) is 1. The second-order valence-corrected chi connectivity index (χ2v) is 6.97. The highest BCUT2D eigenvalue weighted by molar-refractivity contribution is 6.09. The average Bonchev–Trinajstić information content (AvgIpc) is 2.73. The molecule has 1 atom stereocenters. The van der Waals surface area contributed by atoms with Crippen molar-refractivity contribution in [2.24, 2.45) is 0 Å². The Morgan fingerprint density at radius 3 is 2.67 bits per heavy atom. The lowest BCUT2D eigenvalue weighted by atomic mass is 9.96. The van der Waals surface area contributed by atoms with Gasteiger partial charge in [-0.3, -0.25) is 4.79 Å². The molecule has 1 amide bonds. The fraction of sp³-hybridized carbons (Fsp3) is 0.391. The van der Waals surface area contributed by atoms with E-state index < -0.39 is 6.04 Å². The zero-order valence-corrected chi connectivity index (χ0v) is 16.1. The van der Waals surface area contributed by atoms with Crippen molar-refractivity contribution in [2.75, 3.05) is 13.7 Å². The largest absolute Gasteiger partial charge is 0.467 e. The molecule has 0 spiro atoms. The number of hydrogen-bond donors (Lipinski definition) is 0. The molecule has 1 heterocycles. The van der Waals surface area contributed by atoms with E-state index >= 15 is 0 Å². The highest BCUT2D eigenvalue weighted by atomic mass is 16.5. The van der Waals surface area contributed by atoms with Crippen LogP contribution in [0, 0.1) is 0 Å². The predicted molar refractivity (Wildman–Crippen MR) is 109 cm³/mol. The number of methoxy groups -OCH3 is 1. The summed E-state index contributed by atoms with van der Waals surface area (Å²) in [6, 6.07) is 11.4. The fourth-order valence-electron chi connectivity index (χ4n) is 3.74. The van der Waals surface area contributed by atoms with Gasteiger partial charge in [0, 0.05) is 12.1 Å². The quantitative estimate of drug-likeness (QED) is 0.714. The molecule has 1 fully saturated rings. The molecule has 4 nitrogen and oxygen atoms in total. The van der Waals surface area contributed by atoms with E-state index in [0.717, 1.165) is 42.0 Å². The molecule has 0 bridgehead atoms. The maximum Gasteiger partial charge on any atom is 0.328 e. The summed E-state index contributed by atoms with van der Waals surface area (Å²) in [6.07, 6.45) is 8.94. The van der Waals surface area contributed by atoms with Crippen LogP contribution in [0.25, 0.3) is 16.8 Å². The number of hydrogen-bond acceptors (Lipinski definition) is 3. The minimum atomic E-state index is -0.487. The number of esters is 1. The van der Waals surface area contributed by atoms with Gasteiger partial charge in [0.05, 0.1) is 7.11 Å². The van der Waals surface area contributed by atoms with Crippen molar-refractivity contribution in [3.05, 3.63) is 53.6 Å². The third-order valence-electron chi connectivity index (χ3n) is 5.18. The summed E-state index contributed by atoms with van der Waals surface area (Å²) in [7, 11) is 1.38. The second-order valence-electron chi connectivity index (χ2n) is 6.97. The lowest BCUT2D eigenvalue weighted by Gasteiger charge is -2.34. The summed E-state index contributed by atoms with van der Waals surface area (Å²) in [4.78, 5) is 27.2. The third-order valence-corrected chi connectivity index (χ3v) is 5.18. The van der Waals surface area contributed by atoms with E-state index in [1.54, 1.807) is 4.90 Å². The molecule has 0 radical (unpaired) electrons. The lowest BCUT2D eigenvalue weighted by molar-refractivity contribution is -0.147. The van der Waals surface area contributed by atoms with Gasteiger partial charge in [0.2, 0.25) is 0 Å². The van der Waals surface area contributed by atoms with Crippen LogP contribution in [0.5, 0.6) is 0 Å². The van der Waals surface area contributed by atoms with Gasteiger partial charge in [-0.25, -0.2) is 4.79 Å². The van der Waals surface area contributed by atoms with Gasteiger partial charge in [-0.05, 0) is 48.1 Å². The minimum Gasteiger partial charge on any atom is -0.467 e. The van der Waals surface area contributed by atoms with Crippen molar-refractivity contribution in [1.29, 1.82) is 0 Å². The van der Waals surface area contributed by atoms with Crippen LogP contribution < -0.4 is 0 Å². The summed E-state index contributed by atoms with van der Waals surface area (Å²) < 4.78 is 4.93. The minimum absolute atomic E-state index is 0.0922. The van der Waals surface area contributed by atoms with Gasteiger partial charge in [-0.15, -0.1) is 0 Å². The lowest BCUT2D eigenvalue weighted by Crippen LogP contribution is -2.48. The van der Waals surface area contributed by atoms with Crippen LogP contribution in [0.15, 0.2) is 42.5 Å². The van der Waals surface area contributed by atoms with Crippen molar-refractivity contribution in [1.82, 2.24) is 4.90 Å². The molecular formula is C23H27NO3.